The Hall–Kier alpha value is -8.11. The molecule has 0 fully saturated rings. The van der Waals surface area contributed by atoms with Crippen molar-refractivity contribution < 1.29 is 45.4 Å². The Morgan fingerprint density at radius 2 is 1.15 bits per heavy atom. The van der Waals surface area contributed by atoms with E-state index in [1.165, 1.54) is 18.2 Å². The maximum absolute atomic E-state index is 9.32. The third kappa shape index (κ3) is 10.1. The van der Waals surface area contributed by atoms with Crippen LogP contribution < -0.4 is 9.30 Å². The van der Waals surface area contributed by atoms with Crippen molar-refractivity contribution in [2.24, 2.45) is 0 Å². The number of fused-ring (bicyclic) bond motifs is 4. The van der Waals surface area contributed by atoms with Crippen molar-refractivity contribution >= 4 is 32.8 Å². The number of nitrogens with zero attached hydrogens (tertiary/aromatic N) is 4. The number of aromatic nitrogens is 4. The second kappa shape index (κ2) is 20.8. The van der Waals surface area contributed by atoms with Gasteiger partial charge in [0, 0.05) is 52.5 Å². The first-order valence-corrected chi connectivity index (χ1v) is 26.6. The molecule has 0 amide bonds. The van der Waals surface area contributed by atoms with Crippen LogP contribution in [0.5, 0.6) is 11.5 Å². The molecule has 0 spiro atoms. The molecule has 6 heteroatoms. The van der Waals surface area contributed by atoms with E-state index in [1.54, 1.807) is 22.8 Å². The minimum Gasteiger partial charge on any atom is -0.510 e. The summed E-state index contributed by atoms with van der Waals surface area (Å²) in [6, 6.07) is 56.5. The van der Waals surface area contributed by atoms with Gasteiger partial charge >= 0.3 is 0 Å². The molecule has 0 aliphatic heterocycles. The number of ether oxygens (including phenoxy) is 1. The van der Waals surface area contributed by atoms with Gasteiger partial charge in [-0.2, -0.15) is 18.2 Å². The molecule has 0 N–H and O–H groups in total. The standard InChI is InChI=1S/C74H66N4O.Pt/c1-48-21-17-22-49(2)70(48)53-33-36-66-68(43-53)76(58-29-20-30-59(45-58)79-60-34-35-62-61-31-15-16-32-65(61)78(67(62)46-60)69-44-57(37-38-75-69)74(9,10)11)47-77(66)71-63(51-25-18-27-55(39-51)72(3,4)5)41-54(50-23-13-12-14-24-50)42-64(71)52-26-19-28-56(40-52)73(6,7)8;/h12-44H,1-11H3;/q-2;/i1D3,2D3,12D,13D,14D,23D,24D;. The second-order valence-electron chi connectivity index (χ2n) is 23.4. The SMILES string of the molecule is [2H]c1c([2H])c([2H])c(-c2cc(-c3cccc(C(C)(C)C)c3)c(-[n+]3[c-]n(-c4[c-]c(Oc5[c-]c6c(cc5)c5ccccc5n6-c5cc(C(C)(C)C)ccn5)ccc4)c4cc(-c5c(C([2H])([2H])[2H])cccc5C([2H])([2H])[2H])ccc43)c(-c3cccc(C(C)(C)C)c3)c2)c([2H])c1[2H].[Pt]. The van der Waals surface area contributed by atoms with Crippen molar-refractivity contribution in [1.29, 1.82) is 0 Å². The van der Waals surface area contributed by atoms with Gasteiger partial charge in [0.2, 0.25) is 0 Å². The van der Waals surface area contributed by atoms with Crippen molar-refractivity contribution in [1.82, 2.24) is 14.1 Å². The largest absolute Gasteiger partial charge is 0.510 e. The minimum atomic E-state index is -2.70. The number of hydrogen-bond donors (Lipinski definition) is 0. The predicted molar refractivity (Wildman–Crippen MR) is 327 cm³/mol. The van der Waals surface area contributed by atoms with E-state index in [2.05, 4.69) is 128 Å². The normalized spacial score (nSPS) is 14.4. The van der Waals surface area contributed by atoms with Gasteiger partial charge in [-0.3, -0.25) is 4.57 Å². The van der Waals surface area contributed by atoms with Crippen molar-refractivity contribution in [3.8, 4) is 73.2 Å². The van der Waals surface area contributed by atoms with Crippen LogP contribution in [0.4, 0.5) is 0 Å². The Morgan fingerprint density at radius 3 is 1.81 bits per heavy atom. The summed E-state index contributed by atoms with van der Waals surface area (Å²) >= 11 is 0. The summed E-state index contributed by atoms with van der Waals surface area (Å²) in [5.74, 6) is 1.48. The van der Waals surface area contributed by atoms with E-state index in [1.807, 2.05) is 95.7 Å². The van der Waals surface area contributed by atoms with Gasteiger partial charge in [-0.15, -0.1) is 29.7 Å². The van der Waals surface area contributed by atoms with Gasteiger partial charge in [0.25, 0.3) is 6.33 Å². The summed E-state index contributed by atoms with van der Waals surface area (Å²) in [6.45, 7) is 13.9. The molecule has 0 atom stereocenters. The number of pyridine rings is 1. The van der Waals surface area contributed by atoms with E-state index in [0.717, 1.165) is 55.4 Å². The van der Waals surface area contributed by atoms with Gasteiger partial charge in [0.05, 0.1) is 23.6 Å². The van der Waals surface area contributed by atoms with Crippen molar-refractivity contribution in [2.75, 3.05) is 0 Å². The van der Waals surface area contributed by atoms with Crippen LogP contribution in [0.15, 0.2) is 200 Å². The molecule has 0 saturated heterocycles. The second-order valence-corrected chi connectivity index (χ2v) is 23.4. The Balaban J connectivity index is 0.00000850. The van der Waals surface area contributed by atoms with Crippen molar-refractivity contribution in [3.05, 3.63) is 246 Å². The molecule has 0 saturated carbocycles. The molecule has 80 heavy (non-hydrogen) atoms. The molecule has 3 aromatic heterocycles. The molecular weight excluding hydrogens is 1160 g/mol. The van der Waals surface area contributed by atoms with Gasteiger partial charge in [-0.05, 0) is 150 Å². The van der Waals surface area contributed by atoms with E-state index >= 15 is 0 Å². The Kier molecular flexibility index (Phi) is 10.9. The topological polar surface area (TPSA) is 35.9 Å². The number of rotatable bonds is 9. The summed E-state index contributed by atoms with van der Waals surface area (Å²) in [4.78, 5) is 4.87. The molecule has 12 aromatic rings. The van der Waals surface area contributed by atoms with Gasteiger partial charge in [0.15, 0.2) is 0 Å². The van der Waals surface area contributed by atoms with Crippen LogP contribution in [-0.2, 0) is 37.3 Å². The Bertz CT molecular complexity index is 4730. The maximum Gasteiger partial charge on any atom is 0.268 e. The van der Waals surface area contributed by atoms with Crippen molar-refractivity contribution in [2.45, 2.75) is 92.3 Å². The molecule has 5 nitrogen and oxygen atoms in total. The number of aryl methyl sites for hydroxylation is 2. The molecular formula is C74H66N4OPt-2. The molecule has 400 valence electrons. The zero-order valence-electron chi connectivity index (χ0n) is 57.2. The van der Waals surface area contributed by atoms with Crippen LogP contribution in [-0.4, -0.2) is 14.1 Å². The van der Waals surface area contributed by atoms with E-state index in [0.29, 0.717) is 56.2 Å². The number of hydrogen-bond acceptors (Lipinski definition) is 2. The third-order valence-electron chi connectivity index (χ3n) is 14.8. The average molecular weight is 1230 g/mol. The number of imidazole rings is 1. The fourth-order valence-electron chi connectivity index (χ4n) is 10.6. The first kappa shape index (κ1) is 41.9. The number of para-hydroxylation sites is 1. The average Bonchev–Trinajstić information content (AvgIpc) is 1.71. The fourth-order valence-corrected chi connectivity index (χ4v) is 10.6. The monoisotopic (exact) mass is 1230 g/mol. The maximum atomic E-state index is 9.32. The van der Waals surface area contributed by atoms with Crippen LogP contribution >= 0.6 is 0 Å². The smallest absolute Gasteiger partial charge is 0.268 e. The molecule has 0 bridgehead atoms. The van der Waals surface area contributed by atoms with E-state index in [4.69, 9.17) is 22.1 Å². The molecule has 0 aliphatic rings. The van der Waals surface area contributed by atoms with Crippen LogP contribution in [0.2, 0.25) is 0 Å². The summed E-state index contributed by atoms with van der Waals surface area (Å²) in [5, 5.41) is 1.99. The summed E-state index contributed by atoms with van der Waals surface area (Å²) in [5.41, 5.74) is 9.60. The molecule has 0 aliphatic carbocycles. The van der Waals surface area contributed by atoms with E-state index in [-0.39, 0.29) is 71.6 Å². The van der Waals surface area contributed by atoms with Gasteiger partial charge in [0.1, 0.15) is 5.82 Å². The fraction of sp³-hybridized carbons (Fsp3) is 0.189. The van der Waals surface area contributed by atoms with E-state index in [9.17, 15) is 2.74 Å². The molecule has 0 unspecified atom stereocenters. The Labute approximate surface area is 501 Å². The first-order chi connectivity index (χ1) is 42.4. The summed E-state index contributed by atoms with van der Waals surface area (Å²) < 4.78 is 110. The van der Waals surface area contributed by atoms with Crippen LogP contribution in [0.1, 0.15) is 105 Å². The summed E-state index contributed by atoms with van der Waals surface area (Å²) in [6.07, 6.45) is 5.56. The number of benzene rings is 9. The van der Waals surface area contributed by atoms with Gasteiger partial charge in [-0.1, -0.05) is 195 Å². The molecule has 12 rings (SSSR count). The van der Waals surface area contributed by atoms with Crippen molar-refractivity contribution in [3.63, 3.8) is 0 Å². The molecule has 9 aromatic carbocycles. The third-order valence-corrected chi connectivity index (χ3v) is 14.8. The zero-order valence-corrected chi connectivity index (χ0v) is 48.5. The minimum absolute atomic E-state index is 0. The summed E-state index contributed by atoms with van der Waals surface area (Å²) in [7, 11) is 0. The molecule has 3 heterocycles. The van der Waals surface area contributed by atoms with E-state index < -0.39 is 31.8 Å². The predicted octanol–water partition coefficient (Wildman–Crippen LogP) is 18.8. The molecule has 0 radical (unpaired) electrons. The van der Waals surface area contributed by atoms with Crippen LogP contribution in [0, 0.1) is 32.2 Å². The quantitative estimate of drug-likeness (QED) is 0.107. The van der Waals surface area contributed by atoms with Gasteiger partial charge < -0.3 is 13.9 Å². The van der Waals surface area contributed by atoms with Crippen LogP contribution in [0.25, 0.3) is 94.5 Å². The van der Waals surface area contributed by atoms with Gasteiger partial charge in [-0.25, -0.2) is 4.98 Å². The Morgan fingerprint density at radius 1 is 0.525 bits per heavy atom. The first-order valence-electron chi connectivity index (χ1n) is 32.1. The zero-order chi connectivity index (χ0) is 64.3. The van der Waals surface area contributed by atoms with Crippen LogP contribution in [0.3, 0.4) is 0 Å².